The SMILES string of the molecule is CCCOc1cc(C)nc(N2CC(C(=O)O)C2)n1. The lowest BCUT2D eigenvalue weighted by molar-refractivity contribution is -0.142. The van der Waals surface area contributed by atoms with Crippen LogP contribution in [0.1, 0.15) is 19.0 Å². The van der Waals surface area contributed by atoms with Crippen LogP contribution in [0.5, 0.6) is 5.88 Å². The summed E-state index contributed by atoms with van der Waals surface area (Å²) in [6.07, 6.45) is 0.920. The van der Waals surface area contributed by atoms with Gasteiger partial charge in [-0.25, -0.2) is 4.98 Å². The van der Waals surface area contributed by atoms with Gasteiger partial charge in [-0.15, -0.1) is 0 Å². The molecule has 1 N–H and O–H groups in total. The molecule has 6 nitrogen and oxygen atoms in total. The molecule has 0 aromatic carbocycles. The Kier molecular flexibility index (Phi) is 3.64. The van der Waals surface area contributed by atoms with Gasteiger partial charge in [0.2, 0.25) is 11.8 Å². The van der Waals surface area contributed by atoms with Crippen LogP contribution in [0, 0.1) is 12.8 Å². The lowest BCUT2D eigenvalue weighted by Crippen LogP contribution is -2.51. The standard InChI is InChI=1S/C12H17N3O3/c1-3-4-18-10-5-8(2)13-12(14-10)15-6-9(7-15)11(16)17/h5,9H,3-4,6-7H2,1-2H3,(H,16,17). The van der Waals surface area contributed by atoms with E-state index < -0.39 is 5.97 Å². The Morgan fingerprint density at radius 2 is 2.28 bits per heavy atom. The summed E-state index contributed by atoms with van der Waals surface area (Å²) in [4.78, 5) is 21.2. The summed E-state index contributed by atoms with van der Waals surface area (Å²) in [5.41, 5.74) is 0.824. The average Bonchev–Trinajstić information content (AvgIpc) is 2.23. The first-order chi connectivity index (χ1) is 8.60. The minimum absolute atomic E-state index is 0.311. The number of nitrogens with zero attached hydrogens (tertiary/aromatic N) is 3. The Hall–Kier alpha value is -1.85. The van der Waals surface area contributed by atoms with Crippen LogP contribution in [0.15, 0.2) is 6.07 Å². The van der Waals surface area contributed by atoms with Gasteiger partial charge in [0.25, 0.3) is 0 Å². The molecule has 0 spiro atoms. The topological polar surface area (TPSA) is 75.5 Å². The molecule has 1 aliphatic rings. The van der Waals surface area contributed by atoms with Gasteiger partial charge in [0.15, 0.2) is 0 Å². The van der Waals surface area contributed by atoms with Gasteiger partial charge in [-0.3, -0.25) is 4.79 Å². The zero-order valence-electron chi connectivity index (χ0n) is 10.6. The maximum absolute atomic E-state index is 10.7. The van der Waals surface area contributed by atoms with Crippen molar-refractivity contribution in [3.05, 3.63) is 11.8 Å². The van der Waals surface area contributed by atoms with Crippen LogP contribution in [-0.4, -0.2) is 40.7 Å². The van der Waals surface area contributed by atoms with Crippen molar-refractivity contribution < 1.29 is 14.6 Å². The summed E-state index contributed by atoms with van der Waals surface area (Å²) in [5.74, 6) is 0.0345. The van der Waals surface area contributed by atoms with Crippen molar-refractivity contribution in [1.29, 1.82) is 0 Å². The van der Waals surface area contributed by atoms with Crippen molar-refractivity contribution in [1.82, 2.24) is 9.97 Å². The summed E-state index contributed by atoms with van der Waals surface area (Å²) in [6, 6.07) is 1.79. The molecule has 1 fully saturated rings. The highest BCUT2D eigenvalue weighted by atomic mass is 16.5. The lowest BCUT2D eigenvalue weighted by Gasteiger charge is -2.36. The largest absolute Gasteiger partial charge is 0.481 e. The molecule has 2 heterocycles. The molecule has 0 saturated carbocycles. The highest BCUT2D eigenvalue weighted by Gasteiger charge is 2.34. The van der Waals surface area contributed by atoms with Gasteiger partial charge in [-0.05, 0) is 13.3 Å². The smallest absolute Gasteiger partial charge is 0.310 e. The van der Waals surface area contributed by atoms with Crippen LogP contribution in [0.2, 0.25) is 0 Å². The molecule has 6 heteroatoms. The molecule has 0 atom stereocenters. The number of carboxylic acids is 1. The van der Waals surface area contributed by atoms with E-state index in [1.807, 2.05) is 18.7 Å². The fourth-order valence-corrected chi connectivity index (χ4v) is 1.74. The summed E-state index contributed by atoms with van der Waals surface area (Å²) < 4.78 is 5.48. The molecule has 1 saturated heterocycles. The molecule has 1 aromatic heterocycles. The first kappa shape index (κ1) is 12.6. The second-order valence-electron chi connectivity index (χ2n) is 4.44. The van der Waals surface area contributed by atoms with Crippen molar-refractivity contribution in [3.63, 3.8) is 0 Å². The van der Waals surface area contributed by atoms with Crippen LogP contribution < -0.4 is 9.64 Å². The summed E-state index contributed by atoms with van der Waals surface area (Å²) in [5, 5.41) is 8.83. The summed E-state index contributed by atoms with van der Waals surface area (Å²) >= 11 is 0. The highest BCUT2D eigenvalue weighted by Crippen LogP contribution is 2.23. The van der Waals surface area contributed by atoms with Crippen molar-refractivity contribution >= 4 is 11.9 Å². The number of aromatic nitrogens is 2. The Bertz CT molecular complexity index is 444. The molecular weight excluding hydrogens is 234 g/mol. The fraction of sp³-hybridized carbons (Fsp3) is 0.583. The van der Waals surface area contributed by atoms with Gasteiger partial charge in [0, 0.05) is 24.8 Å². The average molecular weight is 251 g/mol. The van der Waals surface area contributed by atoms with Gasteiger partial charge in [-0.2, -0.15) is 4.98 Å². The third kappa shape index (κ3) is 2.69. The molecule has 0 radical (unpaired) electrons. The predicted octanol–water partition coefficient (Wildman–Crippen LogP) is 1.09. The predicted molar refractivity (Wildman–Crippen MR) is 65.9 cm³/mol. The van der Waals surface area contributed by atoms with E-state index in [-0.39, 0.29) is 5.92 Å². The van der Waals surface area contributed by atoms with E-state index >= 15 is 0 Å². The zero-order chi connectivity index (χ0) is 13.1. The van der Waals surface area contributed by atoms with Gasteiger partial charge in [-0.1, -0.05) is 6.92 Å². The van der Waals surface area contributed by atoms with Gasteiger partial charge < -0.3 is 14.7 Å². The van der Waals surface area contributed by atoms with E-state index in [0.717, 1.165) is 12.1 Å². The number of rotatable bonds is 5. The van der Waals surface area contributed by atoms with Crippen molar-refractivity contribution in [2.24, 2.45) is 5.92 Å². The molecule has 0 aliphatic carbocycles. The van der Waals surface area contributed by atoms with Crippen LogP contribution in [0.4, 0.5) is 5.95 Å². The quantitative estimate of drug-likeness (QED) is 0.844. The monoisotopic (exact) mass is 251 g/mol. The van der Waals surface area contributed by atoms with E-state index in [2.05, 4.69) is 9.97 Å². The van der Waals surface area contributed by atoms with Gasteiger partial charge >= 0.3 is 5.97 Å². The first-order valence-electron chi connectivity index (χ1n) is 6.06. The Balaban J connectivity index is 2.05. The molecule has 98 valence electrons. The zero-order valence-corrected chi connectivity index (χ0v) is 10.6. The summed E-state index contributed by atoms with van der Waals surface area (Å²) in [7, 11) is 0. The second-order valence-corrected chi connectivity index (χ2v) is 4.44. The minimum Gasteiger partial charge on any atom is -0.481 e. The van der Waals surface area contributed by atoms with Crippen molar-refractivity contribution in [2.75, 3.05) is 24.6 Å². The van der Waals surface area contributed by atoms with E-state index in [9.17, 15) is 4.79 Å². The summed E-state index contributed by atoms with van der Waals surface area (Å²) in [6.45, 7) is 5.45. The lowest BCUT2D eigenvalue weighted by atomic mass is 10.0. The van der Waals surface area contributed by atoms with Crippen LogP contribution in [-0.2, 0) is 4.79 Å². The highest BCUT2D eigenvalue weighted by molar-refractivity contribution is 5.73. The molecule has 1 aliphatic heterocycles. The van der Waals surface area contributed by atoms with E-state index in [0.29, 0.717) is 31.5 Å². The number of carboxylic acid groups (broad SMARTS) is 1. The maximum atomic E-state index is 10.7. The molecular formula is C12H17N3O3. The number of hydrogen-bond donors (Lipinski definition) is 1. The maximum Gasteiger partial charge on any atom is 0.310 e. The Morgan fingerprint density at radius 1 is 1.56 bits per heavy atom. The van der Waals surface area contributed by atoms with Gasteiger partial charge in [0.05, 0.1) is 12.5 Å². The first-order valence-corrected chi connectivity index (χ1v) is 6.06. The number of aliphatic carboxylic acids is 1. The second kappa shape index (κ2) is 5.20. The van der Waals surface area contributed by atoms with Crippen molar-refractivity contribution in [2.45, 2.75) is 20.3 Å². The molecule has 0 unspecified atom stereocenters. The molecule has 1 aromatic rings. The Labute approximate surface area is 106 Å². The van der Waals surface area contributed by atoms with Crippen LogP contribution in [0.3, 0.4) is 0 Å². The van der Waals surface area contributed by atoms with E-state index in [4.69, 9.17) is 9.84 Å². The van der Waals surface area contributed by atoms with E-state index in [1.165, 1.54) is 0 Å². The number of hydrogen-bond acceptors (Lipinski definition) is 5. The number of carbonyl (C=O) groups is 1. The third-order valence-corrected chi connectivity index (χ3v) is 2.79. The number of aryl methyl sites for hydroxylation is 1. The van der Waals surface area contributed by atoms with Crippen LogP contribution in [0.25, 0.3) is 0 Å². The number of anilines is 1. The van der Waals surface area contributed by atoms with E-state index in [1.54, 1.807) is 6.07 Å². The third-order valence-electron chi connectivity index (χ3n) is 2.79. The molecule has 2 rings (SSSR count). The van der Waals surface area contributed by atoms with Crippen LogP contribution >= 0.6 is 0 Å². The Morgan fingerprint density at radius 3 is 2.89 bits per heavy atom. The molecule has 0 amide bonds. The normalized spacial score (nSPS) is 15.3. The molecule has 0 bridgehead atoms. The number of ether oxygens (including phenoxy) is 1. The fourth-order valence-electron chi connectivity index (χ4n) is 1.74. The van der Waals surface area contributed by atoms with Gasteiger partial charge in [0.1, 0.15) is 0 Å². The molecule has 18 heavy (non-hydrogen) atoms. The minimum atomic E-state index is -0.763. The van der Waals surface area contributed by atoms with Crippen molar-refractivity contribution in [3.8, 4) is 5.88 Å².